The zero-order valence-corrected chi connectivity index (χ0v) is 12.0. The first kappa shape index (κ1) is 16.1. The molecule has 0 heterocycles. The molecule has 1 aromatic rings. The Balaban J connectivity index is 2.31. The largest absolute Gasteiger partial charge is 0.418 e. The summed E-state index contributed by atoms with van der Waals surface area (Å²) in [5, 5.41) is 14.2. The SMILES string of the molecule is CNC(=O)[C@H]1CCC[C@H]1Nc1cc(C#N)ccc1C(F)(F)F. The Morgan fingerprint density at radius 2 is 2.09 bits per heavy atom. The molecule has 1 amide bonds. The monoisotopic (exact) mass is 311 g/mol. The molecule has 7 heteroatoms. The van der Waals surface area contributed by atoms with Crippen molar-refractivity contribution >= 4 is 11.6 Å². The lowest BCUT2D eigenvalue weighted by molar-refractivity contribution is -0.137. The fourth-order valence-electron chi connectivity index (χ4n) is 2.81. The molecule has 1 aliphatic carbocycles. The lowest BCUT2D eigenvalue weighted by Crippen LogP contribution is -2.36. The van der Waals surface area contributed by atoms with Crippen LogP contribution in [0.2, 0.25) is 0 Å². The lowest BCUT2D eigenvalue weighted by Gasteiger charge is -2.23. The smallest absolute Gasteiger partial charge is 0.381 e. The van der Waals surface area contributed by atoms with Crippen molar-refractivity contribution in [3.05, 3.63) is 29.3 Å². The first-order valence-corrected chi connectivity index (χ1v) is 6.96. The number of anilines is 1. The van der Waals surface area contributed by atoms with Crippen molar-refractivity contribution in [3.8, 4) is 6.07 Å². The molecule has 1 aromatic carbocycles. The molecule has 4 nitrogen and oxygen atoms in total. The maximum atomic E-state index is 13.1. The first-order valence-electron chi connectivity index (χ1n) is 6.96. The summed E-state index contributed by atoms with van der Waals surface area (Å²) >= 11 is 0. The van der Waals surface area contributed by atoms with Crippen molar-refractivity contribution in [1.29, 1.82) is 5.26 Å². The zero-order chi connectivity index (χ0) is 16.3. The zero-order valence-electron chi connectivity index (χ0n) is 12.0. The van der Waals surface area contributed by atoms with Crippen molar-refractivity contribution in [2.45, 2.75) is 31.5 Å². The molecule has 0 saturated heterocycles. The average molecular weight is 311 g/mol. The van der Waals surface area contributed by atoms with E-state index < -0.39 is 11.7 Å². The Labute approximate surface area is 126 Å². The van der Waals surface area contributed by atoms with Gasteiger partial charge in [0.25, 0.3) is 0 Å². The van der Waals surface area contributed by atoms with E-state index in [4.69, 9.17) is 5.26 Å². The molecule has 0 unspecified atom stereocenters. The predicted molar refractivity (Wildman–Crippen MR) is 75.0 cm³/mol. The molecular formula is C15H16F3N3O. The maximum Gasteiger partial charge on any atom is 0.418 e. The molecule has 2 rings (SSSR count). The molecule has 2 atom stereocenters. The van der Waals surface area contributed by atoms with Crippen LogP contribution in [0.3, 0.4) is 0 Å². The van der Waals surface area contributed by atoms with E-state index in [-0.39, 0.29) is 29.1 Å². The minimum absolute atomic E-state index is 0.144. The normalized spacial score (nSPS) is 21.2. The van der Waals surface area contributed by atoms with Crippen LogP contribution in [-0.4, -0.2) is 19.0 Å². The van der Waals surface area contributed by atoms with E-state index in [9.17, 15) is 18.0 Å². The van der Waals surface area contributed by atoms with Gasteiger partial charge in [-0.1, -0.05) is 6.42 Å². The highest BCUT2D eigenvalue weighted by Crippen LogP contribution is 2.37. The third kappa shape index (κ3) is 3.32. The van der Waals surface area contributed by atoms with Crippen molar-refractivity contribution in [3.63, 3.8) is 0 Å². The van der Waals surface area contributed by atoms with Crippen LogP contribution < -0.4 is 10.6 Å². The standard InChI is InChI=1S/C15H16F3N3O/c1-20-14(22)10-3-2-4-12(10)21-13-7-9(8-19)5-6-11(13)15(16,17)18/h5-7,10,12,21H,2-4H2,1H3,(H,20,22)/t10-,12+/m0/s1. The molecule has 1 fully saturated rings. The van der Waals surface area contributed by atoms with Gasteiger partial charge in [0.2, 0.25) is 5.91 Å². The van der Waals surface area contributed by atoms with E-state index in [0.717, 1.165) is 18.6 Å². The van der Waals surface area contributed by atoms with E-state index in [1.807, 2.05) is 6.07 Å². The van der Waals surface area contributed by atoms with Gasteiger partial charge >= 0.3 is 6.18 Å². The topological polar surface area (TPSA) is 64.9 Å². The number of nitrogens with one attached hydrogen (secondary N) is 2. The van der Waals surface area contributed by atoms with Gasteiger partial charge in [-0.2, -0.15) is 18.4 Å². The second kappa shape index (κ2) is 6.26. The summed E-state index contributed by atoms with van der Waals surface area (Å²) in [5.41, 5.74) is -0.827. The molecule has 0 spiro atoms. The Morgan fingerprint density at radius 3 is 2.68 bits per heavy atom. The van der Waals surface area contributed by atoms with Gasteiger partial charge in [-0.15, -0.1) is 0 Å². The first-order chi connectivity index (χ1) is 10.4. The van der Waals surface area contributed by atoms with Crippen LogP contribution in [0.1, 0.15) is 30.4 Å². The summed E-state index contributed by atoms with van der Waals surface area (Å²) in [5.74, 6) is -0.545. The Bertz CT molecular complexity index is 607. The van der Waals surface area contributed by atoms with Crippen LogP contribution in [-0.2, 0) is 11.0 Å². The third-order valence-electron chi connectivity index (χ3n) is 3.89. The van der Waals surface area contributed by atoms with Crippen molar-refractivity contribution < 1.29 is 18.0 Å². The number of carbonyl (C=O) groups excluding carboxylic acids is 1. The summed E-state index contributed by atoms with van der Waals surface area (Å²) in [6.07, 6.45) is -2.49. The van der Waals surface area contributed by atoms with Crippen LogP contribution in [0.15, 0.2) is 18.2 Å². The molecule has 118 valence electrons. The number of amides is 1. The lowest BCUT2D eigenvalue weighted by atomic mass is 10.0. The quantitative estimate of drug-likeness (QED) is 0.902. The van der Waals surface area contributed by atoms with Gasteiger partial charge in [0.15, 0.2) is 0 Å². The van der Waals surface area contributed by atoms with E-state index in [0.29, 0.717) is 12.8 Å². The molecule has 1 aliphatic rings. The van der Waals surface area contributed by atoms with Gasteiger partial charge < -0.3 is 10.6 Å². The van der Waals surface area contributed by atoms with E-state index in [1.54, 1.807) is 0 Å². The fourth-order valence-corrected chi connectivity index (χ4v) is 2.81. The molecule has 2 N–H and O–H groups in total. The second-order valence-corrected chi connectivity index (χ2v) is 5.27. The third-order valence-corrected chi connectivity index (χ3v) is 3.89. The van der Waals surface area contributed by atoms with Crippen molar-refractivity contribution in [1.82, 2.24) is 5.32 Å². The van der Waals surface area contributed by atoms with E-state index in [2.05, 4.69) is 10.6 Å². The summed E-state index contributed by atoms with van der Waals surface area (Å²) < 4.78 is 39.2. The number of halogens is 3. The summed E-state index contributed by atoms with van der Waals surface area (Å²) in [7, 11) is 1.51. The molecule has 22 heavy (non-hydrogen) atoms. The highest BCUT2D eigenvalue weighted by Gasteiger charge is 2.37. The number of carbonyl (C=O) groups is 1. The summed E-state index contributed by atoms with van der Waals surface area (Å²) in [6, 6.07) is 4.68. The maximum absolute atomic E-state index is 13.1. The Kier molecular flexibility index (Phi) is 4.59. The second-order valence-electron chi connectivity index (χ2n) is 5.27. The predicted octanol–water partition coefficient (Wildman–Crippen LogP) is 2.90. The highest BCUT2D eigenvalue weighted by atomic mass is 19.4. The van der Waals surface area contributed by atoms with Gasteiger partial charge in [0, 0.05) is 18.8 Å². The molecular weight excluding hydrogens is 295 g/mol. The Hall–Kier alpha value is -2.23. The van der Waals surface area contributed by atoms with Crippen LogP contribution >= 0.6 is 0 Å². The van der Waals surface area contributed by atoms with Crippen LogP contribution in [0.25, 0.3) is 0 Å². The number of nitriles is 1. The fraction of sp³-hybridized carbons (Fsp3) is 0.467. The number of alkyl halides is 3. The summed E-state index contributed by atoms with van der Waals surface area (Å²) in [6.45, 7) is 0. The van der Waals surface area contributed by atoms with Gasteiger partial charge in [-0.3, -0.25) is 4.79 Å². The highest BCUT2D eigenvalue weighted by molar-refractivity contribution is 5.80. The van der Waals surface area contributed by atoms with Crippen LogP contribution in [0.4, 0.5) is 18.9 Å². The van der Waals surface area contributed by atoms with Gasteiger partial charge in [0.1, 0.15) is 0 Å². The van der Waals surface area contributed by atoms with Crippen molar-refractivity contribution in [2.75, 3.05) is 12.4 Å². The van der Waals surface area contributed by atoms with Crippen molar-refractivity contribution in [2.24, 2.45) is 5.92 Å². The molecule has 0 bridgehead atoms. The molecule has 0 aliphatic heterocycles. The van der Waals surface area contributed by atoms with Gasteiger partial charge in [0.05, 0.1) is 23.1 Å². The molecule has 0 radical (unpaired) electrons. The van der Waals surface area contributed by atoms with E-state index >= 15 is 0 Å². The Morgan fingerprint density at radius 1 is 1.36 bits per heavy atom. The molecule has 0 aromatic heterocycles. The minimum Gasteiger partial charge on any atom is -0.381 e. The van der Waals surface area contributed by atoms with Gasteiger partial charge in [-0.05, 0) is 31.0 Å². The number of rotatable bonds is 3. The van der Waals surface area contributed by atoms with Crippen LogP contribution in [0.5, 0.6) is 0 Å². The van der Waals surface area contributed by atoms with Gasteiger partial charge in [-0.25, -0.2) is 0 Å². The molecule has 1 saturated carbocycles. The summed E-state index contributed by atoms with van der Waals surface area (Å²) in [4.78, 5) is 11.8. The number of benzene rings is 1. The number of hydrogen-bond acceptors (Lipinski definition) is 3. The number of hydrogen-bond donors (Lipinski definition) is 2. The van der Waals surface area contributed by atoms with E-state index in [1.165, 1.54) is 13.1 Å². The minimum atomic E-state index is -4.52. The number of nitrogens with zero attached hydrogens (tertiary/aromatic N) is 1. The average Bonchev–Trinajstić information content (AvgIpc) is 2.93. The van der Waals surface area contributed by atoms with Crippen LogP contribution in [0, 0.1) is 17.2 Å².